The number of piperidine rings is 1. The molecule has 9 nitrogen and oxygen atoms in total. The number of amides is 4. The predicted octanol–water partition coefficient (Wildman–Crippen LogP) is 3.89. The number of imide groups is 1. The number of hydrogen-bond donors (Lipinski definition) is 2. The lowest BCUT2D eigenvalue weighted by atomic mass is 10.0. The molecule has 2 aliphatic heterocycles. The number of pyridine rings is 1. The number of nitrogens with zero attached hydrogens (tertiary/aromatic N) is 2. The zero-order valence-corrected chi connectivity index (χ0v) is 19.0. The van der Waals surface area contributed by atoms with Crippen LogP contribution in [-0.4, -0.2) is 39.7 Å². The van der Waals surface area contributed by atoms with Crippen molar-refractivity contribution >= 4 is 29.5 Å². The summed E-state index contributed by atoms with van der Waals surface area (Å²) in [4.78, 5) is 54.3. The molecule has 2 N–H and O–H groups in total. The zero-order valence-electron chi connectivity index (χ0n) is 19.0. The van der Waals surface area contributed by atoms with E-state index in [-0.39, 0.29) is 52.0 Å². The number of ether oxygens (including phenoxy) is 1. The first-order valence-corrected chi connectivity index (χ1v) is 11.3. The van der Waals surface area contributed by atoms with Crippen LogP contribution in [0.25, 0.3) is 11.3 Å². The highest BCUT2D eigenvalue weighted by Gasteiger charge is 2.39. The van der Waals surface area contributed by atoms with Crippen LogP contribution in [0.5, 0.6) is 0 Å². The van der Waals surface area contributed by atoms with Gasteiger partial charge in [0, 0.05) is 33.0 Å². The van der Waals surface area contributed by atoms with Crippen molar-refractivity contribution in [2.75, 3.05) is 5.32 Å². The van der Waals surface area contributed by atoms with Crippen LogP contribution in [0.4, 0.5) is 14.9 Å². The fourth-order valence-corrected chi connectivity index (χ4v) is 4.31. The molecule has 1 fully saturated rings. The van der Waals surface area contributed by atoms with E-state index in [0.717, 1.165) is 11.6 Å². The van der Waals surface area contributed by atoms with E-state index in [2.05, 4.69) is 15.6 Å². The molecule has 3 heterocycles. The Morgan fingerprint density at radius 3 is 2.72 bits per heavy atom. The van der Waals surface area contributed by atoms with Gasteiger partial charge in [-0.05, 0) is 23.6 Å². The van der Waals surface area contributed by atoms with E-state index >= 15 is 0 Å². The smallest absolute Gasteiger partial charge is 0.412 e. The maximum absolute atomic E-state index is 14.5. The summed E-state index contributed by atoms with van der Waals surface area (Å²) >= 11 is 0. The molecule has 2 aliphatic rings. The van der Waals surface area contributed by atoms with Crippen LogP contribution in [0.1, 0.15) is 37.2 Å². The largest absolute Gasteiger partial charge is 0.444 e. The number of hydrogen-bond acceptors (Lipinski definition) is 6. The minimum atomic E-state index is -0.805. The number of halogens is 1. The van der Waals surface area contributed by atoms with Crippen LogP contribution >= 0.6 is 0 Å². The van der Waals surface area contributed by atoms with E-state index in [1.807, 2.05) is 6.07 Å². The molecule has 0 aliphatic carbocycles. The molecule has 4 amide bonds. The lowest BCUT2D eigenvalue weighted by Crippen LogP contribution is -2.52. The Hall–Kier alpha value is -4.60. The van der Waals surface area contributed by atoms with Gasteiger partial charge in [0.25, 0.3) is 5.91 Å². The van der Waals surface area contributed by atoms with Gasteiger partial charge in [-0.2, -0.15) is 0 Å². The average molecular weight is 493 g/mol. The molecule has 3 aromatic rings. The maximum atomic E-state index is 14.5. The van der Waals surface area contributed by atoms with E-state index in [0.29, 0.717) is 16.7 Å². The quantitative estimate of drug-likeness (QED) is 0.522. The molecule has 1 unspecified atom stereocenters. The molecule has 0 saturated carbocycles. The fourth-order valence-electron chi connectivity index (χ4n) is 4.31. The Bertz CT molecular complexity index is 1390. The summed E-state index contributed by atoms with van der Waals surface area (Å²) in [6, 6.07) is 14.4. The summed E-state index contributed by atoms with van der Waals surface area (Å²) in [5, 5.41) is 4.71. The van der Waals surface area contributed by atoms with Crippen molar-refractivity contribution in [1.82, 2.24) is 15.2 Å². The maximum Gasteiger partial charge on any atom is 0.412 e. The normalized spacial score (nSPS) is 17.0. The molecule has 10 heteroatoms. The molecule has 0 spiro atoms. The first-order valence-electron chi connectivity index (χ1n) is 11.3. The van der Waals surface area contributed by atoms with Gasteiger partial charge in [0.15, 0.2) is 5.82 Å². The fraction of sp³-hybridized carbons (Fsp3) is 0.192. The number of fused-ring (bicyclic) bond motifs is 1. The molecule has 1 aromatic heterocycles. The van der Waals surface area contributed by atoms with E-state index in [4.69, 9.17) is 4.74 Å². The first kappa shape index (κ1) is 23.2. The molecular weight excluding hydrogens is 467 g/mol. The minimum absolute atomic E-state index is 0. The number of carbonyl (C=O) groups is 4. The minimum Gasteiger partial charge on any atom is -0.444 e. The monoisotopic (exact) mass is 492 g/mol. The Morgan fingerprint density at radius 2 is 1.97 bits per heavy atom. The van der Waals surface area contributed by atoms with Crippen molar-refractivity contribution in [3.63, 3.8) is 0 Å². The standard InChI is InChI=1S/C26H21FN4O5.2H2/c27-20-11-18(12-28-23(20)16-4-2-1-3-5-16)29-26(35)36-14-15-6-7-17-13-31(25(34)19(17)10-15)21-8-9-22(32)30-24(21)33;;/h1-7,10-12,21H,8-9,13-14H2,(H,29,35)(H,30,32,33);2*1H. The summed E-state index contributed by atoms with van der Waals surface area (Å²) in [7, 11) is 0. The number of anilines is 1. The van der Waals surface area contributed by atoms with Crippen LogP contribution in [0.3, 0.4) is 0 Å². The van der Waals surface area contributed by atoms with Crippen molar-refractivity contribution < 1.29 is 31.2 Å². The topological polar surface area (TPSA) is 118 Å². The van der Waals surface area contributed by atoms with Crippen LogP contribution in [0.2, 0.25) is 0 Å². The van der Waals surface area contributed by atoms with Crippen molar-refractivity contribution in [2.45, 2.75) is 32.0 Å². The van der Waals surface area contributed by atoms with E-state index < -0.39 is 23.9 Å². The number of carbonyl (C=O) groups excluding carboxylic acids is 4. The molecule has 36 heavy (non-hydrogen) atoms. The molecular formula is C26H25FN4O5. The summed E-state index contributed by atoms with van der Waals surface area (Å²) in [5.74, 6) is -1.72. The Kier molecular flexibility index (Phi) is 6.16. The van der Waals surface area contributed by atoms with Gasteiger partial charge in [0.2, 0.25) is 11.8 Å². The third-order valence-electron chi connectivity index (χ3n) is 6.10. The van der Waals surface area contributed by atoms with Crippen molar-refractivity contribution in [1.29, 1.82) is 0 Å². The molecule has 5 rings (SSSR count). The summed E-state index contributed by atoms with van der Waals surface area (Å²) in [5.41, 5.74) is 2.67. The molecule has 1 saturated heterocycles. The van der Waals surface area contributed by atoms with Gasteiger partial charge in [-0.15, -0.1) is 0 Å². The number of aromatic nitrogens is 1. The SMILES string of the molecule is O=C1CCC(N2Cc3ccc(COC(=O)Nc4cnc(-c5ccccc5)c(F)c4)cc3C2=O)C(=O)N1.[HH].[HH]. The Balaban J connectivity index is 0.00000200. The third-order valence-corrected chi connectivity index (χ3v) is 6.10. The second-order valence-electron chi connectivity index (χ2n) is 8.51. The van der Waals surface area contributed by atoms with Crippen LogP contribution < -0.4 is 10.6 Å². The van der Waals surface area contributed by atoms with Gasteiger partial charge in [-0.3, -0.25) is 30.0 Å². The van der Waals surface area contributed by atoms with E-state index in [1.165, 1.54) is 11.1 Å². The Labute approximate surface area is 208 Å². The highest BCUT2D eigenvalue weighted by molar-refractivity contribution is 6.05. The number of nitrogens with one attached hydrogen (secondary N) is 2. The predicted molar refractivity (Wildman–Crippen MR) is 130 cm³/mol. The van der Waals surface area contributed by atoms with Crippen molar-refractivity contribution in [3.05, 3.63) is 83.3 Å². The lowest BCUT2D eigenvalue weighted by molar-refractivity contribution is -0.136. The number of rotatable bonds is 5. The van der Waals surface area contributed by atoms with Gasteiger partial charge in [-0.1, -0.05) is 42.5 Å². The van der Waals surface area contributed by atoms with Crippen LogP contribution in [-0.2, 0) is 27.5 Å². The summed E-state index contributed by atoms with van der Waals surface area (Å²) in [6.07, 6.45) is 0.992. The molecule has 186 valence electrons. The van der Waals surface area contributed by atoms with E-state index in [1.54, 1.807) is 42.5 Å². The van der Waals surface area contributed by atoms with Gasteiger partial charge in [0.05, 0.1) is 11.9 Å². The molecule has 0 radical (unpaired) electrons. The van der Waals surface area contributed by atoms with E-state index in [9.17, 15) is 23.6 Å². The van der Waals surface area contributed by atoms with Gasteiger partial charge < -0.3 is 9.64 Å². The van der Waals surface area contributed by atoms with Gasteiger partial charge in [-0.25, -0.2) is 9.18 Å². The third kappa shape index (κ3) is 4.65. The lowest BCUT2D eigenvalue weighted by Gasteiger charge is -2.29. The second-order valence-corrected chi connectivity index (χ2v) is 8.51. The zero-order chi connectivity index (χ0) is 25.2. The molecule has 2 aromatic carbocycles. The van der Waals surface area contributed by atoms with Gasteiger partial charge in [0.1, 0.15) is 18.3 Å². The summed E-state index contributed by atoms with van der Waals surface area (Å²) in [6.45, 7) is 0.141. The van der Waals surface area contributed by atoms with Crippen molar-refractivity contribution in [3.8, 4) is 11.3 Å². The summed E-state index contributed by atoms with van der Waals surface area (Å²) < 4.78 is 19.7. The van der Waals surface area contributed by atoms with Crippen molar-refractivity contribution in [2.24, 2.45) is 0 Å². The average Bonchev–Trinajstić information content (AvgIpc) is 3.19. The highest BCUT2D eigenvalue weighted by Crippen LogP contribution is 2.28. The number of benzene rings is 2. The van der Waals surface area contributed by atoms with Crippen LogP contribution in [0.15, 0.2) is 60.8 Å². The Morgan fingerprint density at radius 1 is 1.17 bits per heavy atom. The second kappa shape index (κ2) is 9.57. The molecule has 1 atom stereocenters. The highest BCUT2D eigenvalue weighted by atomic mass is 19.1. The van der Waals surface area contributed by atoms with Crippen LogP contribution in [0, 0.1) is 5.82 Å². The van der Waals surface area contributed by atoms with Gasteiger partial charge >= 0.3 is 6.09 Å². The molecule has 0 bridgehead atoms. The first-order chi connectivity index (χ1) is 17.4.